The Hall–Kier alpha value is -2.41. The molecule has 124 valence electrons. The predicted molar refractivity (Wildman–Crippen MR) is 92.8 cm³/mol. The van der Waals surface area contributed by atoms with Crippen LogP contribution in [0.2, 0.25) is 5.02 Å². The van der Waals surface area contributed by atoms with E-state index in [0.717, 1.165) is 32.1 Å². The summed E-state index contributed by atoms with van der Waals surface area (Å²) in [6, 6.07) is 3.27. The molecule has 7 nitrogen and oxygen atoms in total. The molecule has 3 heterocycles. The molecule has 1 spiro atoms. The fraction of sp³-hybridized carbons (Fsp3) is 0.375. The number of halogens is 1. The number of nitrogens with zero attached hydrogens (tertiary/aromatic N) is 4. The first-order valence-electron chi connectivity index (χ1n) is 7.95. The summed E-state index contributed by atoms with van der Waals surface area (Å²) in [5.74, 6) is 0.871. The van der Waals surface area contributed by atoms with Crippen molar-refractivity contribution in [3.05, 3.63) is 45.7 Å². The lowest BCUT2D eigenvalue weighted by Gasteiger charge is -2.33. The number of aliphatic imine (C=N–C) groups is 1. The number of fused-ring (bicyclic) bond motifs is 2. The number of hydrogen-bond donors (Lipinski definition) is 2. The standard InChI is InChI=1S/C16H17ClN6O/c17-10-8-11(21-12-4-7-19-9-20-12)15(24)23-13(10)14(18)22-16(23)5-2-1-3-6-16/h4,7-9H,1-3,5-6H2,(H2,18,22)(H,19,20,21). The summed E-state index contributed by atoms with van der Waals surface area (Å²) in [5, 5.41) is 3.43. The minimum absolute atomic E-state index is 0.181. The predicted octanol–water partition coefficient (Wildman–Crippen LogP) is 2.37. The summed E-state index contributed by atoms with van der Waals surface area (Å²) in [6.45, 7) is 0. The Balaban J connectivity index is 1.85. The second-order valence-electron chi connectivity index (χ2n) is 6.15. The maximum atomic E-state index is 13.1. The first-order valence-corrected chi connectivity index (χ1v) is 8.33. The zero-order valence-corrected chi connectivity index (χ0v) is 13.8. The average molecular weight is 345 g/mol. The van der Waals surface area contributed by atoms with Gasteiger partial charge < -0.3 is 11.1 Å². The van der Waals surface area contributed by atoms with Crippen LogP contribution in [0.4, 0.5) is 11.5 Å². The average Bonchev–Trinajstić information content (AvgIpc) is 2.86. The molecule has 0 aromatic carbocycles. The highest BCUT2D eigenvalue weighted by atomic mass is 35.5. The number of pyridine rings is 1. The van der Waals surface area contributed by atoms with Crippen molar-refractivity contribution in [2.45, 2.75) is 37.8 Å². The maximum absolute atomic E-state index is 13.1. The Kier molecular flexibility index (Phi) is 3.53. The van der Waals surface area contributed by atoms with E-state index >= 15 is 0 Å². The van der Waals surface area contributed by atoms with Gasteiger partial charge in [-0.2, -0.15) is 0 Å². The largest absolute Gasteiger partial charge is 0.382 e. The van der Waals surface area contributed by atoms with Crippen molar-refractivity contribution in [3.63, 3.8) is 0 Å². The van der Waals surface area contributed by atoms with Gasteiger partial charge in [-0.25, -0.2) is 15.0 Å². The van der Waals surface area contributed by atoms with Gasteiger partial charge in [0.1, 0.15) is 35.0 Å². The Morgan fingerprint density at radius 1 is 1.29 bits per heavy atom. The molecule has 0 saturated heterocycles. The van der Waals surface area contributed by atoms with Crippen LogP contribution in [0.25, 0.3) is 0 Å². The van der Waals surface area contributed by atoms with Gasteiger partial charge in [-0.05, 0) is 37.8 Å². The number of hydrogen-bond acceptors (Lipinski definition) is 6. The molecule has 2 aromatic rings. The normalized spacial score (nSPS) is 18.3. The molecule has 0 amide bonds. The van der Waals surface area contributed by atoms with E-state index in [2.05, 4.69) is 20.3 Å². The number of amidine groups is 1. The Labute approximate surface area is 143 Å². The first-order chi connectivity index (χ1) is 11.6. The van der Waals surface area contributed by atoms with Gasteiger partial charge in [-0.3, -0.25) is 9.36 Å². The molecule has 2 aliphatic rings. The minimum atomic E-state index is -0.595. The summed E-state index contributed by atoms with van der Waals surface area (Å²) in [7, 11) is 0. The quantitative estimate of drug-likeness (QED) is 0.871. The molecule has 0 atom stereocenters. The molecule has 0 bridgehead atoms. The number of anilines is 2. The van der Waals surface area contributed by atoms with Crippen molar-refractivity contribution in [1.29, 1.82) is 0 Å². The van der Waals surface area contributed by atoms with Crippen LogP contribution in [-0.4, -0.2) is 20.4 Å². The second-order valence-corrected chi connectivity index (χ2v) is 6.56. The minimum Gasteiger partial charge on any atom is -0.382 e. The zero-order valence-electron chi connectivity index (χ0n) is 13.0. The molecule has 3 N–H and O–H groups in total. The highest BCUT2D eigenvalue weighted by Gasteiger charge is 2.42. The molecular weight excluding hydrogens is 328 g/mol. The van der Waals surface area contributed by atoms with E-state index in [4.69, 9.17) is 17.3 Å². The van der Waals surface area contributed by atoms with Gasteiger partial charge in [-0.15, -0.1) is 0 Å². The SMILES string of the molecule is NC1=NC2(CCCCC2)n2c1c(Cl)cc(Nc1ccncn1)c2=O. The van der Waals surface area contributed by atoms with Gasteiger partial charge >= 0.3 is 0 Å². The molecule has 4 rings (SSSR count). The third-order valence-electron chi connectivity index (χ3n) is 4.64. The Morgan fingerprint density at radius 2 is 2.08 bits per heavy atom. The van der Waals surface area contributed by atoms with Crippen LogP contribution in [-0.2, 0) is 5.66 Å². The molecule has 1 saturated carbocycles. The third-order valence-corrected chi connectivity index (χ3v) is 4.93. The smallest absolute Gasteiger partial charge is 0.276 e. The zero-order chi connectivity index (χ0) is 16.7. The lowest BCUT2D eigenvalue weighted by Crippen LogP contribution is -2.40. The monoisotopic (exact) mass is 344 g/mol. The molecular formula is C16H17ClN6O. The fourth-order valence-corrected chi connectivity index (χ4v) is 3.88. The summed E-state index contributed by atoms with van der Waals surface area (Å²) in [5.41, 5.74) is 6.20. The highest BCUT2D eigenvalue weighted by Crippen LogP contribution is 2.41. The molecule has 1 fully saturated rings. The summed E-state index contributed by atoms with van der Waals surface area (Å²) >= 11 is 6.42. The van der Waals surface area contributed by atoms with Crippen LogP contribution < -0.4 is 16.6 Å². The lowest BCUT2D eigenvalue weighted by atomic mass is 9.89. The van der Waals surface area contributed by atoms with Gasteiger partial charge in [0.25, 0.3) is 5.56 Å². The van der Waals surface area contributed by atoms with Crippen molar-refractivity contribution in [1.82, 2.24) is 14.5 Å². The molecule has 24 heavy (non-hydrogen) atoms. The molecule has 2 aromatic heterocycles. The highest BCUT2D eigenvalue weighted by molar-refractivity contribution is 6.34. The summed E-state index contributed by atoms with van der Waals surface area (Å²) in [6.07, 6.45) is 7.80. The van der Waals surface area contributed by atoms with Gasteiger partial charge in [0.2, 0.25) is 0 Å². The van der Waals surface area contributed by atoms with Gasteiger partial charge in [0.05, 0.1) is 5.02 Å². The van der Waals surface area contributed by atoms with Crippen molar-refractivity contribution < 1.29 is 0 Å². The molecule has 8 heteroatoms. The second kappa shape index (κ2) is 5.59. The van der Waals surface area contributed by atoms with Crippen LogP contribution in [0.1, 0.15) is 37.8 Å². The van der Waals surface area contributed by atoms with Gasteiger partial charge in [0, 0.05) is 6.20 Å². The Bertz CT molecular complexity index is 870. The van der Waals surface area contributed by atoms with Crippen molar-refractivity contribution in [3.8, 4) is 0 Å². The molecule has 0 radical (unpaired) electrons. The van der Waals surface area contributed by atoms with Crippen LogP contribution in [0.15, 0.2) is 34.4 Å². The van der Waals surface area contributed by atoms with Crippen molar-refractivity contribution in [2.75, 3.05) is 5.32 Å². The van der Waals surface area contributed by atoms with Crippen LogP contribution in [0, 0.1) is 0 Å². The molecule has 1 aliphatic heterocycles. The number of rotatable bonds is 2. The number of aromatic nitrogens is 3. The van der Waals surface area contributed by atoms with E-state index in [-0.39, 0.29) is 5.56 Å². The number of nitrogens with two attached hydrogens (primary N) is 1. The lowest BCUT2D eigenvalue weighted by molar-refractivity contribution is 0.208. The number of nitrogens with one attached hydrogen (secondary N) is 1. The molecule has 1 aliphatic carbocycles. The first kappa shape index (κ1) is 15.1. The Morgan fingerprint density at radius 3 is 2.79 bits per heavy atom. The molecule has 0 unspecified atom stereocenters. The van der Waals surface area contributed by atoms with Crippen LogP contribution in [0.5, 0.6) is 0 Å². The maximum Gasteiger partial charge on any atom is 0.276 e. The summed E-state index contributed by atoms with van der Waals surface area (Å²) in [4.78, 5) is 25.7. The van der Waals surface area contributed by atoms with E-state index < -0.39 is 5.66 Å². The van der Waals surface area contributed by atoms with E-state index in [0.29, 0.717) is 28.1 Å². The topological polar surface area (TPSA) is 98.2 Å². The van der Waals surface area contributed by atoms with Gasteiger partial charge in [-0.1, -0.05) is 18.0 Å². The fourth-order valence-electron chi connectivity index (χ4n) is 3.59. The van der Waals surface area contributed by atoms with E-state index in [1.54, 1.807) is 22.9 Å². The van der Waals surface area contributed by atoms with E-state index in [9.17, 15) is 4.79 Å². The van der Waals surface area contributed by atoms with Crippen LogP contribution in [0.3, 0.4) is 0 Å². The van der Waals surface area contributed by atoms with Crippen molar-refractivity contribution in [2.24, 2.45) is 10.7 Å². The van der Waals surface area contributed by atoms with Gasteiger partial charge in [0.15, 0.2) is 0 Å². The summed E-state index contributed by atoms with van der Waals surface area (Å²) < 4.78 is 1.67. The van der Waals surface area contributed by atoms with E-state index in [1.807, 2.05) is 0 Å². The van der Waals surface area contributed by atoms with E-state index in [1.165, 1.54) is 6.33 Å². The van der Waals surface area contributed by atoms with Crippen LogP contribution >= 0.6 is 11.6 Å². The third kappa shape index (κ3) is 2.27. The van der Waals surface area contributed by atoms with Crippen molar-refractivity contribution >= 4 is 28.9 Å².